The minimum absolute atomic E-state index is 0.534. The van der Waals surface area contributed by atoms with Gasteiger partial charge in [0.05, 0.1) is 15.6 Å². The molecule has 1 N–H and O–H groups in total. The highest BCUT2D eigenvalue weighted by Gasteiger charge is 2.17. The molecule has 6 heteroatoms. The smallest absolute Gasteiger partial charge is 0.195 e. The minimum atomic E-state index is 0.534. The van der Waals surface area contributed by atoms with Crippen molar-refractivity contribution in [1.82, 2.24) is 19.7 Å². The molecule has 0 spiro atoms. The number of aromatic nitrogens is 4. The lowest BCUT2D eigenvalue weighted by Crippen LogP contribution is -2.06. The Labute approximate surface area is 122 Å². The third-order valence-electron chi connectivity index (χ3n) is 2.89. The predicted octanol–water partition coefficient (Wildman–Crippen LogP) is 3.84. The van der Waals surface area contributed by atoms with Gasteiger partial charge in [0.2, 0.25) is 0 Å². The maximum absolute atomic E-state index is 5.34. The lowest BCUT2D eigenvalue weighted by atomic mass is 10.2. The lowest BCUT2D eigenvalue weighted by Gasteiger charge is -2.08. The van der Waals surface area contributed by atoms with E-state index < -0.39 is 0 Å². The van der Waals surface area contributed by atoms with Crippen molar-refractivity contribution in [1.29, 1.82) is 0 Å². The Hall–Kier alpha value is -1.01. The highest BCUT2D eigenvalue weighted by molar-refractivity contribution is 7.71. The minimum Gasteiger partial charge on any atom is -0.299 e. The van der Waals surface area contributed by atoms with Gasteiger partial charge in [-0.3, -0.25) is 9.67 Å². The van der Waals surface area contributed by atoms with Crippen LogP contribution >= 0.6 is 23.6 Å². The van der Waals surface area contributed by atoms with Gasteiger partial charge in [-0.1, -0.05) is 27.7 Å². The molecule has 2 aromatic heterocycles. The van der Waals surface area contributed by atoms with Gasteiger partial charge in [-0.05, 0) is 31.0 Å². The van der Waals surface area contributed by atoms with Gasteiger partial charge < -0.3 is 0 Å². The number of aryl methyl sites for hydroxylation is 2. The van der Waals surface area contributed by atoms with Crippen LogP contribution in [0.4, 0.5) is 0 Å². The Balaban J connectivity index is 2.52. The summed E-state index contributed by atoms with van der Waals surface area (Å²) in [7, 11) is 0. The fourth-order valence-corrected chi connectivity index (χ4v) is 3.29. The van der Waals surface area contributed by atoms with Crippen molar-refractivity contribution in [2.24, 2.45) is 5.92 Å². The van der Waals surface area contributed by atoms with E-state index in [0.717, 1.165) is 40.8 Å². The molecule has 0 saturated heterocycles. The van der Waals surface area contributed by atoms with Gasteiger partial charge >= 0.3 is 0 Å². The van der Waals surface area contributed by atoms with Crippen LogP contribution < -0.4 is 0 Å². The maximum atomic E-state index is 5.34. The van der Waals surface area contributed by atoms with Crippen LogP contribution in [-0.4, -0.2) is 19.7 Å². The molecule has 0 fully saturated rings. The molecule has 2 aromatic rings. The molecule has 0 bridgehead atoms. The van der Waals surface area contributed by atoms with Crippen LogP contribution in [0.25, 0.3) is 10.7 Å². The van der Waals surface area contributed by atoms with Crippen molar-refractivity contribution in [2.75, 3.05) is 0 Å². The van der Waals surface area contributed by atoms with Crippen molar-refractivity contribution in [3.63, 3.8) is 0 Å². The monoisotopic (exact) mass is 296 g/mol. The molecule has 0 radical (unpaired) electrons. The molecule has 104 valence electrons. The summed E-state index contributed by atoms with van der Waals surface area (Å²) in [6.45, 7) is 9.51. The van der Waals surface area contributed by atoms with Crippen LogP contribution in [-0.2, 0) is 19.4 Å². The van der Waals surface area contributed by atoms with Gasteiger partial charge in [0, 0.05) is 6.54 Å². The first-order chi connectivity index (χ1) is 9.06. The Kier molecular flexibility index (Phi) is 4.52. The maximum Gasteiger partial charge on any atom is 0.195 e. The molecule has 4 nitrogen and oxygen atoms in total. The summed E-state index contributed by atoms with van der Waals surface area (Å²) >= 11 is 7.07. The number of H-pyrrole nitrogens is 1. The second-order valence-electron chi connectivity index (χ2n) is 4.95. The molecule has 0 aromatic carbocycles. The van der Waals surface area contributed by atoms with E-state index in [9.17, 15) is 0 Å². The molecule has 2 rings (SSSR count). The summed E-state index contributed by atoms with van der Waals surface area (Å²) in [6.07, 6.45) is 1.89. The molecular formula is C13H20N4S2. The number of aromatic amines is 1. The van der Waals surface area contributed by atoms with Crippen LogP contribution in [0, 0.1) is 10.7 Å². The molecule has 0 aliphatic rings. The molecule has 19 heavy (non-hydrogen) atoms. The van der Waals surface area contributed by atoms with E-state index in [-0.39, 0.29) is 0 Å². The van der Waals surface area contributed by atoms with Crippen molar-refractivity contribution in [3.05, 3.63) is 15.5 Å². The van der Waals surface area contributed by atoms with Crippen molar-refractivity contribution in [2.45, 2.75) is 47.1 Å². The quantitative estimate of drug-likeness (QED) is 0.853. The van der Waals surface area contributed by atoms with Gasteiger partial charge in [-0.25, -0.2) is 4.98 Å². The van der Waals surface area contributed by atoms with Gasteiger partial charge in [-0.15, -0.1) is 11.3 Å². The third kappa shape index (κ3) is 2.95. The highest BCUT2D eigenvalue weighted by atomic mass is 32.1. The second kappa shape index (κ2) is 5.96. The average Bonchev–Trinajstić information content (AvgIpc) is 2.93. The van der Waals surface area contributed by atoms with Gasteiger partial charge in [0.1, 0.15) is 0 Å². The zero-order valence-electron chi connectivity index (χ0n) is 11.9. The summed E-state index contributed by atoms with van der Waals surface area (Å²) in [5, 5.41) is 8.49. The standard InChI is InChI=1S/C13H20N4S2/c1-5-9-11(19-10(6-2)14-9)12-15-16-13(18)17(12)7-8(3)4/h8H,5-7H2,1-4H3,(H,16,18). The number of rotatable bonds is 5. The third-order valence-corrected chi connectivity index (χ3v) is 4.44. The van der Waals surface area contributed by atoms with Crippen LogP contribution in [0.5, 0.6) is 0 Å². The highest BCUT2D eigenvalue weighted by Crippen LogP contribution is 2.30. The zero-order chi connectivity index (χ0) is 14.0. The van der Waals surface area contributed by atoms with E-state index in [1.165, 1.54) is 0 Å². The fourth-order valence-electron chi connectivity index (χ4n) is 1.99. The summed E-state index contributed by atoms with van der Waals surface area (Å²) in [4.78, 5) is 5.83. The SMILES string of the molecule is CCc1nc(CC)c(-c2n[nH]c(=S)n2CC(C)C)s1. The largest absolute Gasteiger partial charge is 0.299 e. The van der Waals surface area contributed by atoms with E-state index in [2.05, 4.69) is 47.4 Å². The normalized spacial score (nSPS) is 11.4. The van der Waals surface area contributed by atoms with E-state index in [0.29, 0.717) is 10.7 Å². The number of nitrogens with one attached hydrogen (secondary N) is 1. The number of hydrogen-bond donors (Lipinski definition) is 1. The summed E-state index contributed by atoms with van der Waals surface area (Å²) in [5.74, 6) is 1.47. The van der Waals surface area contributed by atoms with E-state index in [1.54, 1.807) is 11.3 Å². The Bertz CT molecular complexity index is 606. The average molecular weight is 296 g/mol. The van der Waals surface area contributed by atoms with Gasteiger partial charge in [-0.2, -0.15) is 5.10 Å². The summed E-state index contributed by atoms with van der Waals surface area (Å²) < 4.78 is 2.78. The molecule has 0 aliphatic heterocycles. The molecule has 2 heterocycles. The number of nitrogens with zero attached hydrogens (tertiary/aromatic N) is 3. The van der Waals surface area contributed by atoms with Crippen molar-refractivity contribution < 1.29 is 0 Å². The molecule has 0 unspecified atom stereocenters. The molecule has 0 aliphatic carbocycles. The zero-order valence-corrected chi connectivity index (χ0v) is 13.5. The Morgan fingerprint density at radius 1 is 1.32 bits per heavy atom. The molecular weight excluding hydrogens is 276 g/mol. The van der Waals surface area contributed by atoms with E-state index in [4.69, 9.17) is 12.2 Å². The van der Waals surface area contributed by atoms with E-state index in [1.807, 2.05) is 0 Å². The van der Waals surface area contributed by atoms with Gasteiger partial charge in [0.25, 0.3) is 0 Å². The lowest BCUT2D eigenvalue weighted by molar-refractivity contribution is 0.521. The van der Waals surface area contributed by atoms with Crippen LogP contribution in [0.3, 0.4) is 0 Å². The summed E-state index contributed by atoms with van der Waals surface area (Å²) in [5.41, 5.74) is 1.13. The Morgan fingerprint density at radius 2 is 2.05 bits per heavy atom. The predicted molar refractivity (Wildman–Crippen MR) is 82.1 cm³/mol. The van der Waals surface area contributed by atoms with Crippen molar-refractivity contribution in [3.8, 4) is 10.7 Å². The number of thiazole rings is 1. The first-order valence-electron chi connectivity index (χ1n) is 6.70. The van der Waals surface area contributed by atoms with Gasteiger partial charge in [0.15, 0.2) is 10.6 Å². The number of hydrogen-bond acceptors (Lipinski definition) is 4. The molecule has 0 saturated carbocycles. The van der Waals surface area contributed by atoms with Crippen LogP contribution in [0.2, 0.25) is 0 Å². The fraction of sp³-hybridized carbons (Fsp3) is 0.615. The summed E-state index contributed by atoms with van der Waals surface area (Å²) in [6, 6.07) is 0. The molecule has 0 atom stereocenters. The Morgan fingerprint density at radius 3 is 2.63 bits per heavy atom. The second-order valence-corrected chi connectivity index (χ2v) is 6.42. The van der Waals surface area contributed by atoms with E-state index >= 15 is 0 Å². The topological polar surface area (TPSA) is 46.5 Å². The molecule has 0 amide bonds. The first kappa shape index (κ1) is 14.4. The first-order valence-corrected chi connectivity index (χ1v) is 7.93. The van der Waals surface area contributed by atoms with Crippen molar-refractivity contribution >= 4 is 23.6 Å². The van der Waals surface area contributed by atoms with Crippen LogP contribution in [0.15, 0.2) is 0 Å². The van der Waals surface area contributed by atoms with Crippen LogP contribution in [0.1, 0.15) is 38.4 Å².